The molecule has 2 aromatic rings. The maximum Gasteiger partial charge on any atom is 0.251 e. The van der Waals surface area contributed by atoms with Crippen LogP contribution in [0, 0.1) is 0 Å². The van der Waals surface area contributed by atoms with E-state index in [9.17, 15) is 4.79 Å². The van der Waals surface area contributed by atoms with Crippen LogP contribution in [0.4, 0.5) is 0 Å². The zero-order valence-electron chi connectivity index (χ0n) is 10.8. The van der Waals surface area contributed by atoms with Crippen molar-refractivity contribution in [3.8, 4) is 0 Å². The zero-order valence-corrected chi connectivity index (χ0v) is 10.8. The van der Waals surface area contributed by atoms with Gasteiger partial charge < -0.3 is 15.0 Å². The van der Waals surface area contributed by atoms with Gasteiger partial charge in [0.25, 0.3) is 5.91 Å². The van der Waals surface area contributed by atoms with Gasteiger partial charge in [0, 0.05) is 23.8 Å². The molecule has 2 rings (SSSR count). The first-order chi connectivity index (χ1) is 9.31. The Morgan fingerprint density at radius 2 is 2.26 bits per heavy atom. The number of benzene rings is 1. The quantitative estimate of drug-likeness (QED) is 0.592. The van der Waals surface area contributed by atoms with Crippen molar-refractivity contribution in [1.29, 1.82) is 0 Å². The summed E-state index contributed by atoms with van der Waals surface area (Å²) in [6.07, 6.45) is 4.50. The summed E-state index contributed by atoms with van der Waals surface area (Å²) in [5.74, 6) is -0.0798. The molecule has 19 heavy (non-hydrogen) atoms. The molecule has 0 bridgehead atoms. The number of rotatable bonds is 7. The molecule has 0 aliphatic carbocycles. The van der Waals surface area contributed by atoms with Gasteiger partial charge in [0.2, 0.25) is 0 Å². The van der Waals surface area contributed by atoms with E-state index in [1.807, 2.05) is 36.5 Å². The number of ether oxygens (including phenoxy) is 1. The van der Waals surface area contributed by atoms with Gasteiger partial charge in [-0.25, -0.2) is 0 Å². The van der Waals surface area contributed by atoms with Crippen LogP contribution in [0.15, 0.2) is 43.1 Å². The van der Waals surface area contributed by atoms with Gasteiger partial charge in [-0.2, -0.15) is 0 Å². The molecule has 4 heteroatoms. The summed E-state index contributed by atoms with van der Waals surface area (Å²) in [4.78, 5) is 15.0. The number of hydrogen-bond donors (Lipinski definition) is 2. The maximum absolute atomic E-state index is 11.9. The van der Waals surface area contributed by atoms with Crippen LogP contribution in [-0.4, -0.2) is 30.6 Å². The molecular weight excluding hydrogens is 240 g/mol. The molecule has 1 heterocycles. The lowest BCUT2D eigenvalue weighted by Crippen LogP contribution is -2.27. The van der Waals surface area contributed by atoms with E-state index in [0.29, 0.717) is 25.3 Å². The second-order valence-electron chi connectivity index (χ2n) is 4.23. The Morgan fingerprint density at radius 3 is 3.11 bits per heavy atom. The van der Waals surface area contributed by atoms with Crippen molar-refractivity contribution in [3.63, 3.8) is 0 Å². The van der Waals surface area contributed by atoms with Crippen molar-refractivity contribution in [2.75, 3.05) is 19.8 Å². The van der Waals surface area contributed by atoms with Crippen LogP contribution in [-0.2, 0) is 4.74 Å². The van der Waals surface area contributed by atoms with Crippen molar-refractivity contribution < 1.29 is 9.53 Å². The molecule has 0 unspecified atom stereocenters. The fourth-order valence-electron chi connectivity index (χ4n) is 1.80. The number of fused-ring (bicyclic) bond motifs is 1. The molecule has 0 aliphatic heterocycles. The molecule has 1 amide bonds. The van der Waals surface area contributed by atoms with Gasteiger partial charge in [0.1, 0.15) is 0 Å². The number of hydrogen-bond acceptors (Lipinski definition) is 2. The molecule has 0 aliphatic rings. The van der Waals surface area contributed by atoms with Crippen molar-refractivity contribution in [1.82, 2.24) is 10.3 Å². The normalized spacial score (nSPS) is 10.5. The van der Waals surface area contributed by atoms with Crippen LogP contribution < -0.4 is 5.32 Å². The molecule has 0 saturated carbocycles. The molecule has 1 aromatic heterocycles. The number of nitrogens with one attached hydrogen (secondary N) is 2. The number of carbonyl (C=O) groups is 1. The first kappa shape index (κ1) is 13.4. The SMILES string of the molecule is C=CCCOCCNC(=O)c1ccc2cc[nH]c2c1. The molecule has 1 aromatic carbocycles. The summed E-state index contributed by atoms with van der Waals surface area (Å²) in [6.45, 7) is 5.29. The minimum atomic E-state index is -0.0798. The summed E-state index contributed by atoms with van der Waals surface area (Å²) in [7, 11) is 0. The zero-order chi connectivity index (χ0) is 13.5. The number of aromatic amines is 1. The third-order valence-corrected chi connectivity index (χ3v) is 2.82. The van der Waals surface area contributed by atoms with E-state index in [0.717, 1.165) is 17.3 Å². The first-order valence-corrected chi connectivity index (χ1v) is 6.35. The van der Waals surface area contributed by atoms with E-state index in [2.05, 4.69) is 16.9 Å². The highest BCUT2D eigenvalue weighted by Gasteiger charge is 2.05. The first-order valence-electron chi connectivity index (χ1n) is 6.35. The Bertz CT molecular complexity index is 560. The molecular formula is C15H18N2O2. The lowest BCUT2D eigenvalue weighted by molar-refractivity contribution is 0.0918. The van der Waals surface area contributed by atoms with Crippen LogP contribution in [0.2, 0.25) is 0 Å². The molecule has 4 nitrogen and oxygen atoms in total. The van der Waals surface area contributed by atoms with E-state index in [1.54, 1.807) is 0 Å². The highest BCUT2D eigenvalue weighted by atomic mass is 16.5. The number of aromatic nitrogens is 1. The topological polar surface area (TPSA) is 54.1 Å². The lowest BCUT2D eigenvalue weighted by Gasteiger charge is -2.06. The minimum absolute atomic E-state index is 0.0798. The molecule has 0 saturated heterocycles. The van der Waals surface area contributed by atoms with Crippen molar-refractivity contribution in [3.05, 3.63) is 48.7 Å². The molecule has 0 spiro atoms. The van der Waals surface area contributed by atoms with Crippen LogP contribution in [0.1, 0.15) is 16.8 Å². The Balaban J connectivity index is 1.80. The maximum atomic E-state index is 11.9. The molecule has 2 N–H and O–H groups in total. The van der Waals surface area contributed by atoms with Crippen LogP contribution in [0.3, 0.4) is 0 Å². The van der Waals surface area contributed by atoms with Gasteiger partial charge in [-0.15, -0.1) is 6.58 Å². The predicted molar refractivity (Wildman–Crippen MR) is 76.3 cm³/mol. The predicted octanol–water partition coefficient (Wildman–Crippen LogP) is 2.49. The Labute approximate surface area is 112 Å². The lowest BCUT2D eigenvalue weighted by atomic mass is 10.1. The molecule has 0 atom stereocenters. The van der Waals surface area contributed by atoms with Gasteiger partial charge in [0.05, 0.1) is 13.2 Å². The summed E-state index contributed by atoms with van der Waals surface area (Å²) >= 11 is 0. The fraction of sp³-hybridized carbons (Fsp3) is 0.267. The Morgan fingerprint density at radius 1 is 1.37 bits per heavy atom. The summed E-state index contributed by atoms with van der Waals surface area (Å²) in [5.41, 5.74) is 1.62. The van der Waals surface area contributed by atoms with Crippen LogP contribution in [0.5, 0.6) is 0 Å². The highest BCUT2D eigenvalue weighted by Crippen LogP contribution is 2.13. The van der Waals surface area contributed by atoms with Crippen LogP contribution >= 0.6 is 0 Å². The standard InChI is InChI=1S/C15H18N2O2/c1-2-3-9-19-10-8-17-15(18)13-5-4-12-6-7-16-14(12)11-13/h2,4-7,11,16H,1,3,8-10H2,(H,17,18). The van der Waals surface area contributed by atoms with E-state index in [4.69, 9.17) is 4.74 Å². The molecule has 0 radical (unpaired) electrons. The molecule has 100 valence electrons. The van der Waals surface area contributed by atoms with E-state index < -0.39 is 0 Å². The monoisotopic (exact) mass is 258 g/mol. The minimum Gasteiger partial charge on any atom is -0.379 e. The second-order valence-corrected chi connectivity index (χ2v) is 4.23. The van der Waals surface area contributed by atoms with Crippen molar-refractivity contribution in [2.24, 2.45) is 0 Å². The van der Waals surface area contributed by atoms with E-state index in [1.165, 1.54) is 0 Å². The third-order valence-electron chi connectivity index (χ3n) is 2.82. The van der Waals surface area contributed by atoms with Gasteiger partial charge in [-0.1, -0.05) is 12.1 Å². The molecule has 0 fully saturated rings. The Hall–Kier alpha value is -2.07. The summed E-state index contributed by atoms with van der Waals surface area (Å²) < 4.78 is 5.33. The second kappa shape index (κ2) is 6.75. The van der Waals surface area contributed by atoms with Gasteiger partial charge in [0.15, 0.2) is 0 Å². The average Bonchev–Trinajstić information content (AvgIpc) is 2.89. The Kier molecular flexibility index (Phi) is 4.75. The third kappa shape index (κ3) is 3.69. The summed E-state index contributed by atoms with van der Waals surface area (Å²) in [6, 6.07) is 7.58. The van der Waals surface area contributed by atoms with E-state index >= 15 is 0 Å². The van der Waals surface area contributed by atoms with Gasteiger partial charge >= 0.3 is 0 Å². The number of H-pyrrole nitrogens is 1. The highest BCUT2D eigenvalue weighted by molar-refractivity contribution is 5.97. The van der Waals surface area contributed by atoms with Crippen LogP contribution in [0.25, 0.3) is 10.9 Å². The van der Waals surface area contributed by atoms with Gasteiger partial charge in [-0.05, 0) is 30.0 Å². The van der Waals surface area contributed by atoms with Crippen molar-refractivity contribution in [2.45, 2.75) is 6.42 Å². The smallest absolute Gasteiger partial charge is 0.251 e. The summed E-state index contributed by atoms with van der Waals surface area (Å²) in [5, 5.41) is 3.93. The number of amides is 1. The van der Waals surface area contributed by atoms with Gasteiger partial charge in [-0.3, -0.25) is 4.79 Å². The van der Waals surface area contributed by atoms with E-state index in [-0.39, 0.29) is 5.91 Å². The number of carbonyl (C=O) groups excluding carboxylic acids is 1. The fourth-order valence-corrected chi connectivity index (χ4v) is 1.80. The average molecular weight is 258 g/mol. The van der Waals surface area contributed by atoms with Crippen molar-refractivity contribution >= 4 is 16.8 Å². The largest absolute Gasteiger partial charge is 0.379 e.